The quantitative estimate of drug-likeness (QED) is 0.516. The molecule has 4 nitrogen and oxygen atoms in total. The fourth-order valence-corrected chi connectivity index (χ4v) is 3.91. The summed E-state index contributed by atoms with van der Waals surface area (Å²) in [5.41, 5.74) is 4.62. The monoisotopic (exact) mass is 383 g/mol. The fraction of sp³-hybridized carbons (Fsp3) is 0.125. The lowest BCUT2D eigenvalue weighted by molar-refractivity contribution is 0.0780. The number of para-hydroxylation sites is 1. The smallest absolute Gasteiger partial charge is 0.255 e. The van der Waals surface area contributed by atoms with Crippen LogP contribution < -0.4 is 0 Å². The first-order chi connectivity index (χ1) is 14.2. The third kappa shape index (κ3) is 3.25. The van der Waals surface area contributed by atoms with E-state index < -0.39 is 0 Å². The molecule has 2 aromatic carbocycles. The zero-order valence-corrected chi connectivity index (χ0v) is 15.7. The summed E-state index contributed by atoms with van der Waals surface area (Å²) in [5, 5.41) is 1.10. The van der Waals surface area contributed by atoms with Gasteiger partial charge in [0.05, 0.1) is 11.1 Å². The summed E-state index contributed by atoms with van der Waals surface area (Å²) in [7, 11) is 0. The second-order valence-corrected chi connectivity index (χ2v) is 7.20. The van der Waals surface area contributed by atoms with Crippen molar-refractivity contribution in [3.05, 3.63) is 95.7 Å². The van der Waals surface area contributed by atoms with Crippen molar-refractivity contribution in [2.45, 2.75) is 13.0 Å². The van der Waals surface area contributed by atoms with Crippen LogP contribution in [0, 0.1) is 5.82 Å². The van der Waals surface area contributed by atoms with Gasteiger partial charge in [0.25, 0.3) is 5.91 Å². The highest BCUT2D eigenvalue weighted by Crippen LogP contribution is 2.33. The van der Waals surface area contributed by atoms with Gasteiger partial charge in [-0.2, -0.15) is 0 Å². The van der Waals surface area contributed by atoms with Gasteiger partial charge in [0.15, 0.2) is 0 Å². The van der Waals surface area contributed by atoms with Crippen LogP contribution in [0.1, 0.15) is 21.6 Å². The minimum Gasteiger partial charge on any atom is -0.334 e. The molecule has 0 bridgehead atoms. The third-order valence-corrected chi connectivity index (χ3v) is 5.33. The average molecular weight is 383 g/mol. The van der Waals surface area contributed by atoms with Crippen molar-refractivity contribution in [1.29, 1.82) is 0 Å². The van der Waals surface area contributed by atoms with Crippen LogP contribution >= 0.6 is 0 Å². The average Bonchev–Trinajstić information content (AvgIpc) is 3.07. The Labute approximate surface area is 167 Å². The van der Waals surface area contributed by atoms with Gasteiger partial charge in [-0.05, 0) is 53.1 Å². The molecule has 0 fully saturated rings. The van der Waals surface area contributed by atoms with Gasteiger partial charge in [0, 0.05) is 43.0 Å². The molecular formula is C24H18FN3O. The number of hydrogen-bond acceptors (Lipinski definition) is 3. The predicted molar refractivity (Wildman–Crippen MR) is 110 cm³/mol. The molecule has 4 aromatic rings. The molecule has 3 heterocycles. The molecule has 0 spiro atoms. The van der Waals surface area contributed by atoms with Gasteiger partial charge in [0.2, 0.25) is 0 Å². The van der Waals surface area contributed by atoms with Crippen LogP contribution in [-0.4, -0.2) is 27.3 Å². The van der Waals surface area contributed by atoms with Crippen LogP contribution in [0.25, 0.3) is 22.0 Å². The van der Waals surface area contributed by atoms with Gasteiger partial charge in [0.1, 0.15) is 5.82 Å². The predicted octanol–water partition coefficient (Wildman–Crippen LogP) is 4.63. The van der Waals surface area contributed by atoms with E-state index in [0.717, 1.165) is 27.7 Å². The standard InChI is InChI=1S/C24H18FN3O/c25-19-13-18-15-28(12-9-20-6-5-17-3-1-2-4-22(17)27-20)24(29)23(18)21(14-19)16-7-10-26-11-8-16/h1-8,10-11,13-14H,9,12,15H2. The summed E-state index contributed by atoms with van der Waals surface area (Å²) in [6.45, 7) is 0.952. The maximum absolute atomic E-state index is 14.2. The lowest BCUT2D eigenvalue weighted by Crippen LogP contribution is -2.26. The molecule has 0 unspecified atom stereocenters. The third-order valence-electron chi connectivity index (χ3n) is 5.33. The van der Waals surface area contributed by atoms with E-state index in [0.29, 0.717) is 30.6 Å². The topological polar surface area (TPSA) is 46.1 Å². The van der Waals surface area contributed by atoms with Crippen molar-refractivity contribution in [3.8, 4) is 11.1 Å². The SMILES string of the molecule is O=C1c2c(cc(F)cc2-c2ccncc2)CN1CCc1ccc2ccccc2n1. The highest BCUT2D eigenvalue weighted by molar-refractivity contribution is 6.04. The van der Waals surface area contributed by atoms with Crippen LogP contribution in [0.4, 0.5) is 4.39 Å². The molecule has 5 heteroatoms. The molecule has 1 amide bonds. The van der Waals surface area contributed by atoms with Gasteiger partial charge in [-0.1, -0.05) is 24.3 Å². The molecule has 1 aliphatic heterocycles. The van der Waals surface area contributed by atoms with E-state index in [1.807, 2.05) is 30.3 Å². The second-order valence-electron chi connectivity index (χ2n) is 7.20. The van der Waals surface area contributed by atoms with E-state index in [1.165, 1.54) is 12.1 Å². The Balaban J connectivity index is 1.40. The lowest BCUT2D eigenvalue weighted by atomic mass is 9.97. The molecule has 0 aliphatic carbocycles. The molecule has 0 atom stereocenters. The Morgan fingerprint density at radius 1 is 1.00 bits per heavy atom. The minimum atomic E-state index is -0.332. The molecule has 0 saturated heterocycles. The van der Waals surface area contributed by atoms with E-state index >= 15 is 0 Å². The fourth-order valence-electron chi connectivity index (χ4n) is 3.91. The molecular weight excluding hydrogens is 365 g/mol. The van der Waals surface area contributed by atoms with Gasteiger partial charge in [-0.3, -0.25) is 14.8 Å². The van der Waals surface area contributed by atoms with Crippen molar-refractivity contribution in [2.24, 2.45) is 0 Å². The summed E-state index contributed by atoms with van der Waals surface area (Å²) in [6.07, 6.45) is 3.95. The summed E-state index contributed by atoms with van der Waals surface area (Å²) in [5.74, 6) is -0.394. The van der Waals surface area contributed by atoms with Crippen molar-refractivity contribution in [3.63, 3.8) is 0 Å². The minimum absolute atomic E-state index is 0.0624. The van der Waals surface area contributed by atoms with Gasteiger partial charge in [-0.25, -0.2) is 4.39 Å². The van der Waals surface area contributed by atoms with Crippen LogP contribution in [0.15, 0.2) is 73.1 Å². The van der Waals surface area contributed by atoms with Crippen molar-refractivity contribution < 1.29 is 9.18 Å². The Morgan fingerprint density at radius 2 is 1.83 bits per heavy atom. The van der Waals surface area contributed by atoms with Crippen LogP contribution in [0.2, 0.25) is 0 Å². The number of fused-ring (bicyclic) bond motifs is 2. The summed E-state index contributed by atoms with van der Waals surface area (Å²) >= 11 is 0. The van der Waals surface area contributed by atoms with Gasteiger partial charge in [-0.15, -0.1) is 0 Å². The number of nitrogens with zero attached hydrogens (tertiary/aromatic N) is 3. The number of carbonyl (C=O) groups excluding carboxylic acids is 1. The lowest BCUT2D eigenvalue weighted by Gasteiger charge is -2.15. The number of aromatic nitrogens is 2. The molecule has 0 saturated carbocycles. The molecule has 29 heavy (non-hydrogen) atoms. The molecule has 142 valence electrons. The Morgan fingerprint density at radius 3 is 2.69 bits per heavy atom. The van der Waals surface area contributed by atoms with E-state index in [9.17, 15) is 9.18 Å². The molecule has 0 N–H and O–H groups in total. The van der Waals surface area contributed by atoms with Crippen molar-refractivity contribution in [2.75, 3.05) is 6.54 Å². The zero-order chi connectivity index (χ0) is 19.8. The largest absolute Gasteiger partial charge is 0.334 e. The summed E-state index contributed by atoms with van der Waals surface area (Å²) < 4.78 is 14.2. The van der Waals surface area contributed by atoms with E-state index in [4.69, 9.17) is 0 Å². The highest BCUT2D eigenvalue weighted by atomic mass is 19.1. The maximum atomic E-state index is 14.2. The van der Waals surface area contributed by atoms with E-state index in [1.54, 1.807) is 29.4 Å². The van der Waals surface area contributed by atoms with Crippen LogP contribution in [0.5, 0.6) is 0 Å². The number of carbonyl (C=O) groups is 1. The van der Waals surface area contributed by atoms with Crippen molar-refractivity contribution in [1.82, 2.24) is 14.9 Å². The number of hydrogen-bond donors (Lipinski definition) is 0. The number of halogens is 1. The highest BCUT2D eigenvalue weighted by Gasteiger charge is 2.31. The Hall–Kier alpha value is -3.60. The first-order valence-corrected chi connectivity index (χ1v) is 9.56. The number of benzene rings is 2. The normalized spacial score (nSPS) is 13.1. The van der Waals surface area contributed by atoms with Gasteiger partial charge >= 0.3 is 0 Å². The van der Waals surface area contributed by atoms with Crippen LogP contribution in [0.3, 0.4) is 0 Å². The summed E-state index contributed by atoms with van der Waals surface area (Å²) in [4.78, 5) is 23.6. The Kier molecular flexibility index (Phi) is 4.28. The first kappa shape index (κ1) is 17.5. The number of pyridine rings is 2. The van der Waals surface area contributed by atoms with E-state index in [-0.39, 0.29) is 11.7 Å². The molecule has 1 aliphatic rings. The van der Waals surface area contributed by atoms with Gasteiger partial charge < -0.3 is 4.90 Å². The second kappa shape index (κ2) is 7.09. The number of rotatable bonds is 4. The maximum Gasteiger partial charge on any atom is 0.255 e. The van der Waals surface area contributed by atoms with Crippen molar-refractivity contribution >= 4 is 16.8 Å². The summed E-state index contributed by atoms with van der Waals surface area (Å²) in [6, 6.07) is 18.5. The first-order valence-electron chi connectivity index (χ1n) is 9.56. The Bertz CT molecular complexity index is 1220. The zero-order valence-electron chi connectivity index (χ0n) is 15.7. The van der Waals surface area contributed by atoms with E-state index in [2.05, 4.69) is 16.0 Å². The molecule has 2 aromatic heterocycles. The molecule has 5 rings (SSSR count). The molecule has 0 radical (unpaired) electrons. The van der Waals surface area contributed by atoms with Crippen LogP contribution in [-0.2, 0) is 13.0 Å². The number of amides is 1.